The Labute approximate surface area is 167 Å². The molecule has 0 atom stereocenters. The van der Waals surface area contributed by atoms with Crippen LogP contribution in [0.4, 0.5) is 4.79 Å². The number of amides is 2. The number of hydrogen-bond acceptors (Lipinski definition) is 4. The van der Waals surface area contributed by atoms with Gasteiger partial charge >= 0.3 is 6.03 Å². The molecule has 1 N–H and O–H groups in total. The van der Waals surface area contributed by atoms with Crippen LogP contribution in [0.25, 0.3) is 0 Å². The lowest BCUT2D eigenvalue weighted by atomic mass is 10.1. The van der Waals surface area contributed by atoms with Crippen molar-refractivity contribution < 1.29 is 14.3 Å². The number of para-hydroxylation sites is 2. The first kappa shape index (κ1) is 20.0. The maximum absolute atomic E-state index is 12.5. The van der Waals surface area contributed by atoms with E-state index in [1.807, 2.05) is 47.4 Å². The van der Waals surface area contributed by atoms with Crippen LogP contribution in [0.15, 0.2) is 48.5 Å². The van der Waals surface area contributed by atoms with Crippen LogP contribution >= 0.6 is 0 Å². The van der Waals surface area contributed by atoms with Crippen molar-refractivity contribution >= 4 is 6.03 Å². The van der Waals surface area contributed by atoms with Crippen LogP contribution in [0.5, 0.6) is 11.5 Å². The number of rotatable bonds is 7. The predicted octanol–water partition coefficient (Wildman–Crippen LogP) is 2.77. The van der Waals surface area contributed by atoms with Crippen molar-refractivity contribution in [2.45, 2.75) is 13.0 Å². The molecule has 0 spiro atoms. The van der Waals surface area contributed by atoms with Crippen LogP contribution in [0.3, 0.4) is 0 Å². The lowest BCUT2D eigenvalue weighted by Gasteiger charge is -2.34. The van der Waals surface area contributed by atoms with Gasteiger partial charge in [0.05, 0.1) is 14.2 Å². The first-order chi connectivity index (χ1) is 13.7. The number of hydrogen-bond donors (Lipinski definition) is 1. The molecule has 1 aliphatic rings. The number of carbonyl (C=O) groups excluding carboxylic acids is 1. The summed E-state index contributed by atoms with van der Waals surface area (Å²) in [4.78, 5) is 16.7. The lowest BCUT2D eigenvalue weighted by molar-refractivity contribution is 0.134. The molecule has 2 amide bonds. The van der Waals surface area contributed by atoms with E-state index in [0.717, 1.165) is 56.2 Å². The van der Waals surface area contributed by atoms with Crippen molar-refractivity contribution in [3.63, 3.8) is 0 Å². The van der Waals surface area contributed by atoms with Crippen LogP contribution < -0.4 is 14.8 Å². The van der Waals surface area contributed by atoms with Gasteiger partial charge in [-0.25, -0.2) is 4.79 Å². The van der Waals surface area contributed by atoms with E-state index in [0.29, 0.717) is 6.54 Å². The summed E-state index contributed by atoms with van der Waals surface area (Å²) in [5.41, 5.74) is 2.28. The Hall–Kier alpha value is -2.73. The van der Waals surface area contributed by atoms with E-state index < -0.39 is 0 Å². The molecule has 0 saturated carbocycles. The van der Waals surface area contributed by atoms with Gasteiger partial charge in [0, 0.05) is 44.8 Å². The maximum atomic E-state index is 12.5. The third-order valence-corrected chi connectivity index (χ3v) is 5.11. The standard InChI is InChI=1S/C22H29N3O3/c1-27-20-9-5-3-7-18(20)11-12-23-22(26)25-15-13-24(14-16-25)17-19-8-4-6-10-21(19)28-2/h3-10H,11-17H2,1-2H3,(H,23,26). The minimum absolute atomic E-state index is 0.00633. The first-order valence-electron chi connectivity index (χ1n) is 9.70. The summed E-state index contributed by atoms with van der Waals surface area (Å²) in [6, 6.07) is 16.0. The number of nitrogens with zero attached hydrogens (tertiary/aromatic N) is 2. The number of benzene rings is 2. The average molecular weight is 383 g/mol. The highest BCUT2D eigenvalue weighted by molar-refractivity contribution is 5.74. The summed E-state index contributed by atoms with van der Waals surface area (Å²) in [6.45, 7) is 4.62. The molecule has 2 aromatic carbocycles. The van der Waals surface area contributed by atoms with Gasteiger partial charge in [0.15, 0.2) is 0 Å². The molecule has 28 heavy (non-hydrogen) atoms. The topological polar surface area (TPSA) is 54.0 Å². The number of ether oxygens (including phenoxy) is 2. The number of piperazine rings is 1. The zero-order valence-electron chi connectivity index (χ0n) is 16.7. The molecular formula is C22H29N3O3. The van der Waals surface area contributed by atoms with Crippen LogP contribution in [-0.2, 0) is 13.0 Å². The molecule has 2 aromatic rings. The second-order valence-electron chi connectivity index (χ2n) is 6.87. The fraction of sp³-hybridized carbons (Fsp3) is 0.409. The monoisotopic (exact) mass is 383 g/mol. The molecule has 1 aliphatic heterocycles. The van der Waals surface area contributed by atoms with Crippen LogP contribution in [0.2, 0.25) is 0 Å². The van der Waals surface area contributed by atoms with Crippen molar-refractivity contribution in [1.29, 1.82) is 0 Å². The Morgan fingerprint density at radius 2 is 1.46 bits per heavy atom. The highest BCUT2D eigenvalue weighted by atomic mass is 16.5. The fourth-order valence-corrected chi connectivity index (χ4v) is 3.51. The van der Waals surface area contributed by atoms with Crippen LogP contribution in [-0.4, -0.2) is 62.8 Å². The van der Waals surface area contributed by atoms with Gasteiger partial charge < -0.3 is 19.7 Å². The normalized spacial score (nSPS) is 14.6. The predicted molar refractivity (Wildman–Crippen MR) is 110 cm³/mol. The Bertz CT molecular complexity index is 773. The van der Waals surface area contributed by atoms with E-state index in [1.165, 1.54) is 5.56 Å². The Morgan fingerprint density at radius 1 is 0.893 bits per heavy atom. The van der Waals surface area contributed by atoms with Gasteiger partial charge in [-0.2, -0.15) is 0 Å². The second-order valence-corrected chi connectivity index (χ2v) is 6.87. The number of urea groups is 1. The lowest BCUT2D eigenvalue weighted by Crippen LogP contribution is -2.51. The summed E-state index contributed by atoms with van der Waals surface area (Å²) in [5.74, 6) is 1.78. The quantitative estimate of drug-likeness (QED) is 0.799. The minimum atomic E-state index is 0.00633. The van der Waals surface area contributed by atoms with Gasteiger partial charge in [-0.1, -0.05) is 36.4 Å². The van der Waals surface area contributed by atoms with Crippen molar-refractivity contribution in [3.05, 3.63) is 59.7 Å². The maximum Gasteiger partial charge on any atom is 0.317 e. The zero-order valence-corrected chi connectivity index (χ0v) is 16.7. The second kappa shape index (κ2) is 9.99. The van der Waals surface area contributed by atoms with Gasteiger partial charge in [0.25, 0.3) is 0 Å². The third-order valence-electron chi connectivity index (χ3n) is 5.11. The van der Waals surface area contributed by atoms with E-state index in [2.05, 4.69) is 16.3 Å². The average Bonchev–Trinajstić information content (AvgIpc) is 2.75. The molecule has 150 valence electrons. The van der Waals surface area contributed by atoms with E-state index in [9.17, 15) is 4.79 Å². The molecule has 6 nitrogen and oxygen atoms in total. The Morgan fingerprint density at radius 3 is 2.11 bits per heavy atom. The fourth-order valence-electron chi connectivity index (χ4n) is 3.51. The molecule has 0 radical (unpaired) electrons. The first-order valence-corrected chi connectivity index (χ1v) is 9.70. The molecule has 0 bridgehead atoms. The minimum Gasteiger partial charge on any atom is -0.496 e. The highest BCUT2D eigenvalue weighted by Gasteiger charge is 2.21. The van der Waals surface area contributed by atoms with Crippen molar-refractivity contribution in [2.75, 3.05) is 46.9 Å². The molecule has 3 rings (SSSR count). The molecule has 0 aliphatic carbocycles. The number of methoxy groups -OCH3 is 2. The summed E-state index contributed by atoms with van der Waals surface area (Å²) in [6.07, 6.45) is 0.753. The van der Waals surface area contributed by atoms with Crippen molar-refractivity contribution in [2.24, 2.45) is 0 Å². The van der Waals surface area contributed by atoms with Gasteiger partial charge in [-0.3, -0.25) is 4.90 Å². The van der Waals surface area contributed by atoms with Gasteiger partial charge in [-0.15, -0.1) is 0 Å². The Balaban J connectivity index is 1.42. The molecular weight excluding hydrogens is 354 g/mol. The molecule has 1 saturated heterocycles. The molecule has 1 heterocycles. The van der Waals surface area contributed by atoms with Crippen molar-refractivity contribution in [1.82, 2.24) is 15.1 Å². The molecule has 0 unspecified atom stereocenters. The van der Waals surface area contributed by atoms with E-state index in [1.54, 1.807) is 14.2 Å². The van der Waals surface area contributed by atoms with Gasteiger partial charge in [0.2, 0.25) is 0 Å². The largest absolute Gasteiger partial charge is 0.496 e. The van der Waals surface area contributed by atoms with E-state index >= 15 is 0 Å². The van der Waals surface area contributed by atoms with Crippen LogP contribution in [0.1, 0.15) is 11.1 Å². The summed E-state index contributed by atoms with van der Waals surface area (Å²) in [7, 11) is 3.37. The molecule has 0 aromatic heterocycles. The summed E-state index contributed by atoms with van der Waals surface area (Å²) >= 11 is 0. The van der Waals surface area contributed by atoms with Crippen molar-refractivity contribution in [3.8, 4) is 11.5 Å². The van der Waals surface area contributed by atoms with Gasteiger partial charge in [-0.05, 0) is 24.1 Å². The van der Waals surface area contributed by atoms with E-state index in [4.69, 9.17) is 9.47 Å². The molecule has 6 heteroatoms. The highest BCUT2D eigenvalue weighted by Crippen LogP contribution is 2.20. The smallest absolute Gasteiger partial charge is 0.317 e. The van der Waals surface area contributed by atoms with Gasteiger partial charge in [0.1, 0.15) is 11.5 Å². The van der Waals surface area contributed by atoms with Crippen LogP contribution in [0, 0.1) is 0 Å². The zero-order chi connectivity index (χ0) is 19.8. The molecule has 1 fully saturated rings. The SMILES string of the molecule is COc1ccccc1CCNC(=O)N1CCN(Cc2ccccc2OC)CC1. The Kier molecular flexibility index (Phi) is 7.14. The van der Waals surface area contributed by atoms with E-state index in [-0.39, 0.29) is 6.03 Å². The number of nitrogens with one attached hydrogen (secondary N) is 1. The summed E-state index contributed by atoms with van der Waals surface area (Å²) in [5, 5.41) is 3.03. The third kappa shape index (κ3) is 5.16. The number of carbonyl (C=O) groups is 1. The summed E-state index contributed by atoms with van der Waals surface area (Å²) < 4.78 is 10.8.